The Morgan fingerprint density at radius 3 is 0.922 bits per heavy atom. The average Bonchev–Trinajstić information content (AvgIpc) is 3.25. The Bertz CT molecular complexity index is 2410. The van der Waals surface area contributed by atoms with E-state index in [9.17, 15) is 56.9 Å². The highest BCUT2D eigenvalue weighted by atomic mass is 32.2. The number of hydrogen-bond donors (Lipinski definition) is 0. The van der Waals surface area contributed by atoms with Crippen molar-refractivity contribution in [2.75, 3.05) is 6.26 Å². The SMILES string of the molecule is C[S+](=O)(Cc1ccc(Cc2ccccc2)cc1)c1ccccc1.FC(F)(F)c1ccc([B-](c2ccc(C(F)(F)F)cc2)(c2ccc(C(F)(F)F)cc2)c2ccc(C(F)(F)F)cc2)cc1. The van der Waals surface area contributed by atoms with Crippen molar-refractivity contribution in [1.82, 2.24) is 0 Å². The van der Waals surface area contributed by atoms with Crippen LogP contribution in [0.2, 0.25) is 0 Å². The van der Waals surface area contributed by atoms with Gasteiger partial charge in [0.2, 0.25) is 0 Å². The summed E-state index contributed by atoms with van der Waals surface area (Å²) in [5.41, 5.74) is -0.582. The van der Waals surface area contributed by atoms with Crippen LogP contribution < -0.4 is 21.9 Å². The van der Waals surface area contributed by atoms with Gasteiger partial charge in [-0.05, 0) is 29.7 Å². The average molecular weight is 913 g/mol. The minimum absolute atomic E-state index is 0.0114. The van der Waals surface area contributed by atoms with E-state index in [0.717, 1.165) is 65.4 Å². The first-order chi connectivity index (χ1) is 30.0. The van der Waals surface area contributed by atoms with Gasteiger partial charge in [-0.3, -0.25) is 0 Å². The third-order valence-corrected chi connectivity index (χ3v) is 13.1. The van der Waals surface area contributed by atoms with Gasteiger partial charge in [-0.1, -0.05) is 174 Å². The van der Waals surface area contributed by atoms with Gasteiger partial charge >= 0.3 is 24.7 Å². The third-order valence-electron chi connectivity index (χ3n) is 10.9. The molecule has 332 valence electrons. The molecule has 0 aliphatic rings. The van der Waals surface area contributed by atoms with E-state index in [1.54, 1.807) is 0 Å². The Labute approximate surface area is 362 Å². The van der Waals surface area contributed by atoms with Gasteiger partial charge in [-0.2, -0.15) is 74.5 Å². The largest absolute Gasteiger partial charge is 0.416 e. The molecular formula is C49H37BF12OS. The lowest BCUT2D eigenvalue weighted by molar-refractivity contribution is -0.138. The molecule has 0 saturated heterocycles. The van der Waals surface area contributed by atoms with Gasteiger partial charge in [0.15, 0.2) is 4.90 Å². The zero-order valence-electron chi connectivity index (χ0n) is 33.7. The second-order valence-corrected chi connectivity index (χ2v) is 18.1. The summed E-state index contributed by atoms with van der Waals surface area (Å²) in [5, 5.41) is 0. The second kappa shape index (κ2) is 18.6. The van der Waals surface area contributed by atoms with Crippen LogP contribution in [0.25, 0.3) is 0 Å². The van der Waals surface area contributed by atoms with Crippen LogP contribution in [0, 0.1) is 0 Å². The van der Waals surface area contributed by atoms with E-state index in [1.807, 2.05) is 42.7 Å². The Hall–Kier alpha value is -6.09. The predicted molar refractivity (Wildman–Crippen MR) is 228 cm³/mol. The quantitative estimate of drug-likeness (QED) is 0.0801. The molecule has 0 fully saturated rings. The van der Waals surface area contributed by atoms with E-state index < -0.39 is 63.0 Å². The van der Waals surface area contributed by atoms with Crippen molar-refractivity contribution >= 4 is 37.9 Å². The number of rotatable bonds is 9. The molecule has 0 amide bonds. The summed E-state index contributed by atoms with van der Waals surface area (Å²) in [6, 6.07) is 42.2. The van der Waals surface area contributed by atoms with Crippen LogP contribution in [0.4, 0.5) is 52.7 Å². The Balaban J connectivity index is 0.000000249. The smallest absolute Gasteiger partial charge is 0.195 e. The molecule has 64 heavy (non-hydrogen) atoms. The molecule has 0 aromatic heterocycles. The summed E-state index contributed by atoms with van der Waals surface area (Å²) in [7, 11) is -2.04. The lowest BCUT2D eigenvalue weighted by Gasteiger charge is -2.44. The number of alkyl halides is 12. The van der Waals surface area contributed by atoms with Crippen molar-refractivity contribution in [3.8, 4) is 0 Å². The van der Waals surface area contributed by atoms with E-state index in [1.165, 1.54) is 11.1 Å². The van der Waals surface area contributed by atoms with Crippen LogP contribution in [0.1, 0.15) is 38.9 Å². The second-order valence-electron chi connectivity index (χ2n) is 15.3. The highest BCUT2D eigenvalue weighted by molar-refractivity contribution is 8.01. The molecule has 0 radical (unpaired) electrons. The number of hydrogen-bond acceptors (Lipinski definition) is 1. The molecule has 1 nitrogen and oxygen atoms in total. The van der Waals surface area contributed by atoms with Gasteiger partial charge in [0.25, 0.3) is 0 Å². The molecule has 7 rings (SSSR count). The molecule has 7 aromatic carbocycles. The lowest BCUT2D eigenvalue weighted by Crippen LogP contribution is -2.74. The maximum absolute atomic E-state index is 13.3. The molecule has 0 N–H and O–H groups in total. The van der Waals surface area contributed by atoms with Crippen molar-refractivity contribution in [3.05, 3.63) is 221 Å². The fourth-order valence-corrected chi connectivity index (χ4v) is 9.42. The van der Waals surface area contributed by atoms with Crippen LogP contribution in [0.3, 0.4) is 0 Å². The molecule has 0 aliphatic heterocycles. The minimum Gasteiger partial charge on any atom is -0.195 e. The monoisotopic (exact) mass is 912 g/mol. The molecule has 0 heterocycles. The third kappa shape index (κ3) is 11.2. The Morgan fingerprint density at radius 2 is 0.625 bits per heavy atom. The summed E-state index contributed by atoms with van der Waals surface area (Å²) in [4.78, 5) is 0.924. The number of halogens is 12. The first kappa shape index (κ1) is 47.4. The fraction of sp³-hybridized carbons (Fsp3) is 0.143. The molecule has 0 spiro atoms. The first-order valence-electron chi connectivity index (χ1n) is 19.5. The van der Waals surface area contributed by atoms with Crippen LogP contribution in [-0.4, -0.2) is 12.4 Å². The van der Waals surface area contributed by atoms with Gasteiger partial charge in [0.1, 0.15) is 28.1 Å². The van der Waals surface area contributed by atoms with E-state index in [-0.39, 0.29) is 21.9 Å². The topological polar surface area (TPSA) is 17.1 Å². The molecular weight excluding hydrogens is 875 g/mol. The fourth-order valence-electron chi connectivity index (χ4n) is 7.69. The summed E-state index contributed by atoms with van der Waals surface area (Å²) < 4.78 is 173. The summed E-state index contributed by atoms with van der Waals surface area (Å²) in [6.07, 6.45) is -19.2. The zero-order chi connectivity index (χ0) is 46.6. The minimum atomic E-state index is -4.77. The summed E-state index contributed by atoms with van der Waals surface area (Å²) in [5.74, 6) is 0.586. The molecule has 0 saturated carbocycles. The molecule has 1 unspecified atom stereocenters. The van der Waals surface area contributed by atoms with Gasteiger partial charge in [-0.15, -0.1) is 0 Å². The molecule has 0 bridgehead atoms. The van der Waals surface area contributed by atoms with Crippen molar-refractivity contribution in [2.24, 2.45) is 0 Å². The van der Waals surface area contributed by atoms with E-state index in [2.05, 4.69) is 48.5 Å². The zero-order valence-corrected chi connectivity index (χ0v) is 34.5. The van der Waals surface area contributed by atoms with E-state index in [4.69, 9.17) is 0 Å². The van der Waals surface area contributed by atoms with Gasteiger partial charge in [0, 0.05) is 5.56 Å². The van der Waals surface area contributed by atoms with Crippen LogP contribution in [0.15, 0.2) is 187 Å². The van der Waals surface area contributed by atoms with E-state index >= 15 is 0 Å². The van der Waals surface area contributed by atoms with Crippen LogP contribution >= 0.6 is 0 Å². The lowest BCUT2D eigenvalue weighted by atomic mass is 9.13. The van der Waals surface area contributed by atoms with E-state index in [0.29, 0.717) is 54.3 Å². The molecule has 15 heteroatoms. The summed E-state index contributed by atoms with van der Waals surface area (Å²) >= 11 is 0. The molecule has 1 atom stereocenters. The normalized spacial score (nSPS) is 13.4. The van der Waals surface area contributed by atoms with Crippen molar-refractivity contribution in [3.63, 3.8) is 0 Å². The van der Waals surface area contributed by atoms with Crippen LogP contribution in [-0.2, 0) is 51.0 Å². The van der Waals surface area contributed by atoms with Crippen molar-refractivity contribution in [2.45, 2.75) is 41.8 Å². The Kier molecular flexibility index (Phi) is 13.7. The maximum Gasteiger partial charge on any atom is 0.416 e. The van der Waals surface area contributed by atoms with Crippen molar-refractivity contribution in [1.29, 1.82) is 0 Å². The van der Waals surface area contributed by atoms with Crippen molar-refractivity contribution < 1.29 is 56.9 Å². The van der Waals surface area contributed by atoms with Gasteiger partial charge < -0.3 is 0 Å². The summed E-state index contributed by atoms with van der Waals surface area (Å²) in [6.45, 7) is 0. The van der Waals surface area contributed by atoms with Gasteiger partial charge in [0.05, 0.1) is 22.3 Å². The first-order valence-corrected chi connectivity index (χ1v) is 21.6. The van der Waals surface area contributed by atoms with Gasteiger partial charge in [-0.25, -0.2) is 0 Å². The highest BCUT2D eigenvalue weighted by Gasteiger charge is 2.38. The predicted octanol–water partition coefficient (Wildman–Crippen LogP) is 12.1. The maximum atomic E-state index is 13.3. The number of benzene rings is 7. The standard InChI is InChI=1S/C28H16BF12.C21H21OS/c30-25(31,32)17-1-9-21(10-2-17)29(22-11-3-18(4-12-22)26(33,34)35,23-13-5-19(6-14-23)27(36,37)38)24-15-7-20(8-16-24)28(39,40)41;1-23(22,21-10-6-3-7-11-21)17-20-14-12-19(13-15-20)16-18-8-4-2-5-9-18/h1-16H;2-15H,16-17H2,1H3/q-1;+1. The highest BCUT2D eigenvalue weighted by Crippen LogP contribution is 2.33. The van der Waals surface area contributed by atoms with Crippen LogP contribution in [0.5, 0.6) is 0 Å². The molecule has 0 aliphatic carbocycles. The molecule has 7 aromatic rings. The Morgan fingerprint density at radius 1 is 0.359 bits per heavy atom.